The normalized spacial score (nSPS) is 33.7. The van der Waals surface area contributed by atoms with E-state index < -0.39 is 45.2 Å². The van der Waals surface area contributed by atoms with Crippen molar-refractivity contribution < 1.29 is 24.3 Å². The van der Waals surface area contributed by atoms with Gasteiger partial charge in [0.2, 0.25) is 11.8 Å². The third-order valence-electron chi connectivity index (χ3n) is 9.14. The van der Waals surface area contributed by atoms with Gasteiger partial charge in [0.15, 0.2) is 9.75 Å². The first-order valence-electron chi connectivity index (χ1n) is 13.0. The van der Waals surface area contributed by atoms with Gasteiger partial charge in [0, 0.05) is 13.0 Å². The Morgan fingerprint density at radius 2 is 1.59 bits per heavy atom. The molecule has 6 rings (SSSR count). The molecule has 0 aromatic heterocycles. The molecule has 0 bridgehead atoms. The molecule has 0 spiro atoms. The first-order chi connectivity index (χ1) is 18.4. The van der Waals surface area contributed by atoms with E-state index in [0.717, 1.165) is 16.0 Å². The number of allylic oxidation sites excluding steroid dienone is 2. The molecule has 2 heterocycles. The maximum atomic E-state index is 13.9. The van der Waals surface area contributed by atoms with Gasteiger partial charge in [-0.15, -0.1) is 23.2 Å². The number of phenols is 1. The van der Waals surface area contributed by atoms with Gasteiger partial charge >= 0.3 is 0 Å². The predicted octanol–water partition coefficient (Wildman–Crippen LogP) is 4.20. The molecule has 2 aromatic rings. The van der Waals surface area contributed by atoms with E-state index in [0.29, 0.717) is 23.1 Å². The van der Waals surface area contributed by atoms with Crippen LogP contribution >= 0.6 is 23.2 Å². The molecule has 6 atom stereocenters. The highest BCUT2D eigenvalue weighted by atomic mass is 35.5. The third-order valence-corrected chi connectivity index (χ3v) is 10.5. The van der Waals surface area contributed by atoms with Gasteiger partial charge in [0.05, 0.1) is 18.4 Å². The van der Waals surface area contributed by atoms with Crippen LogP contribution in [-0.4, -0.2) is 55.3 Å². The van der Waals surface area contributed by atoms with Crippen molar-refractivity contribution in [2.24, 2.45) is 17.8 Å². The number of nitrogens with zero attached hydrogens (tertiary/aromatic N) is 2. The van der Waals surface area contributed by atoms with Crippen molar-refractivity contribution >= 4 is 46.8 Å². The highest BCUT2D eigenvalue weighted by Gasteiger charge is 2.75. The number of imide groups is 2. The fourth-order valence-electron chi connectivity index (χ4n) is 7.26. The molecule has 2 aliphatic carbocycles. The van der Waals surface area contributed by atoms with Crippen LogP contribution in [0, 0.1) is 31.6 Å². The van der Waals surface area contributed by atoms with E-state index in [1.165, 1.54) is 11.9 Å². The number of hydrogen-bond donors (Lipinski definition) is 1. The number of alkyl halides is 2. The van der Waals surface area contributed by atoms with E-state index in [2.05, 4.69) is 0 Å². The Kier molecular flexibility index (Phi) is 5.80. The number of aromatic hydroxyl groups is 1. The summed E-state index contributed by atoms with van der Waals surface area (Å²) in [6.07, 6.45) is 2.20. The Morgan fingerprint density at radius 1 is 0.949 bits per heavy atom. The van der Waals surface area contributed by atoms with Gasteiger partial charge in [-0.2, -0.15) is 0 Å². The summed E-state index contributed by atoms with van der Waals surface area (Å²) < 4.78 is 0. The maximum absolute atomic E-state index is 13.9. The molecule has 2 aliphatic heterocycles. The van der Waals surface area contributed by atoms with Gasteiger partial charge in [0.25, 0.3) is 11.8 Å². The van der Waals surface area contributed by atoms with Crippen LogP contribution in [0.25, 0.3) is 0 Å². The quantitative estimate of drug-likeness (QED) is 0.341. The lowest BCUT2D eigenvalue weighted by Gasteiger charge is -2.51. The minimum Gasteiger partial charge on any atom is -0.507 e. The summed E-state index contributed by atoms with van der Waals surface area (Å²) in [6, 6.07) is 12.8. The second kappa shape index (κ2) is 8.67. The van der Waals surface area contributed by atoms with Crippen molar-refractivity contribution in [3.8, 4) is 5.75 Å². The monoisotopic (exact) mass is 566 g/mol. The van der Waals surface area contributed by atoms with E-state index in [1.807, 2.05) is 36.4 Å². The fourth-order valence-corrected chi connectivity index (χ4v) is 8.28. The fraction of sp³-hybridized carbons (Fsp3) is 0.400. The first-order valence-corrected chi connectivity index (χ1v) is 13.8. The van der Waals surface area contributed by atoms with Crippen molar-refractivity contribution in [1.82, 2.24) is 9.80 Å². The molecular weight excluding hydrogens is 539 g/mol. The Labute approximate surface area is 236 Å². The van der Waals surface area contributed by atoms with Crippen LogP contribution in [0.5, 0.6) is 5.75 Å². The Hall–Kier alpha value is -3.16. The second-order valence-electron chi connectivity index (χ2n) is 11.2. The Morgan fingerprint density at radius 3 is 2.23 bits per heavy atom. The summed E-state index contributed by atoms with van der Waals surface area (Å²) in [6.45, 7) is 3.67. The summed E-state index contributed by atoms with van der Waals surface area (Å²) in [7, 11) is 1.37. The molecule has 39 heavy (non-hydrogen) atoms. The number of fused-ring (bicyclic) bond motifs is 4. The Bertz CT molecular complexity index is 1470. The molecule has 4 amide bonds. The molecule has 2 saturated heterocycles. The molecule has 0 radical (unpaired) electrons. The Balaban J connectivity index is 1.49. The zero-order valence-corrected chi connectivity index (χ0v) is 23.3. The number of likely N-dealkylation sites (tertiary alicyclic amines) is 2. The van der Waals surface area contributed by atoms with Crippen molar-refractivity contribution in [1.29, 1.82) is 0 Å². The van der Waals surface area contributed by atoms with Crippen LogP contribution in [0.4, 0.5) is 0 Å². The molecule has 0 unspecified atom stereocenters. The van der Waals surface area contributed by atoms with E-state index >= 15 is 0 Å². The average molecular weight is 567 g/mol. The van der Waals surface area contributed by atoms with Crippen LogP contribution in [0.3, 0.4) is 0 Å². The number of carbonyl (C=O) groups excluding carboxylic acids is 4. The number of hydrogen-bond acceptors (Lipinski definition) is 5. The van der Waals surface area contributed by atoms with Gasteiger partial charge in [-0.1, -0.05) is 54.1 Å². The molecule has 7 nitrogen and oxygen atoms in total. The van der Waals surface area contributed by atoms with Crippen LogP contribution in [0.15, 0.2) is 54.1 Å². The number of halogens is 2. The summed E-state index contributed by atoms with van der Waals surface area (Å²) in [5.74, 6) is -4.30. The number of benzene rings is 2. The number of aryl methyl sites for hydroxylation is 2. The van der Waals surface area contributed by atoms with Crippen molar-refractivity contribution in [3.05, 3.63) is 76.4 Å². The molecule has 202 valence electrons. The lowest BCUT2D eigenvalue weighted by Crippen LogP contribution is -2.60. The largest absolute Gasteiger partial charge is 0.507 e. The van der Waals surface area contributed by atoms with Crippen LogP contribution in [-0.2, 0) is 25.7 Å². The molecule has 2 aromatic carbocycles. The van der Waals surface area contributed by atoms with Crippen LogP contribution in [0.2, 0.25) is 0 Å². The minimum atomic E-state index is -1.83. The lowest BCUT2D eigenvalue weighted by molar-refractivity contribution is -0.141. The van der Waals surface area contributed by atoms with Crippen LogP contribution < -0.4 is 0 Å². The number of phenolic OH excluding ortho intramolecular Hbond substituents is 1. The van der Waals surface area contributed by atoms with Gasteiger partial charge in [0.1, 0.15) is 5.75 Å². The van der Waals surface area contributed by atoms with E-state index in [9.17, 15) is 24.3 Å². The summed E-state index contributed by atoms with van der Waals surface area (Å²) >= 11 is 14.4. The second-order valence-corrected chi connectivity index (χ2v) is 12.5. The first kappa shape index (κ1) is 26.1. The van der Waals surface area contributed by atoms with E-state index in [-0.39, 0.29) is 30.5 Å². The lowest BCUT2D eigenvalue weighted by atomic mass is 9.56. The van der Waals surface area contributed by atoms with E-state index in [1.54, 1.807) is 26.0 Å². The van der Waals surface area contributed by atoms with E-state index in [4.69, 9.17) is 23.2 Å². The summed E-state index contributed by atoms with van der Waals surface area (Å²) in [4.78, 5) is 53.2. The standard InChI is InChI=1S/C30H28Cl2N2O5/c1-15-11-18(12-16(2)24(15)35)23-19-9-10-20-22(26(37)34(25(20)36)14-17-7-5-4-6-8-17)21(19)13-29(31)27(38)33(3)28(39)30(23,29)32/h4-9,11-12,20-23,35H,10,13-14H2,1-3H3/t20-,21+,22-,23-,29+,30-/m0/s1. The summed E-state index contributed by atoms with van der Waals surface area (Å²) in [5, 5.41) is 10.4. The SMILES string of the molecule is Cc1cc([C@H]2C3=CC[C@@H]4C(=O)N(Cc5ccccc5)C(=O)[C@@H]4[C@@H]3C[C@@]3(Cl)C(=O)N(C)C(=O)[C@@]23Cl)cc(C)c1O. The van der Waals surface area contributed by atoms with Crippen molar-refractivity contribution in [2.75, 3.05) is 7.05 Å². The molecule has 3 fully saturated rings. The predicted molar refractivity (Wildman–Crippen MR) is 145 cm³/mol. The third kappa shape index (κ3) is 3.35. The molecule has 1 saturated carbocycles. The maximum Gasteiger partial charge on any atom is 0.253 e. The highest BCUT2D eigenvalue weighted by molar-refractivity contribution is 6.53. The number of amides is 4. The van der Waals surface area contributed by atoms with Gasteiger partial charge in [-0.05, 0) is 54.9 Å². The average Bonchev–Trinajstić information content (AvgIpc) is 3.22. The van der Waals surface area contributed by atoms with Gasteiger partial charge in [-0.25, -0.2) is 0 Å². The molecular formula is C30H28Cl2N2O5. The number of rotatable bonds is 3. The molecule has 1 N–H and O–H groups in total. The van der Waals surface area contributed by atoms with Gasteiger partial charge < -0.3 is 5.11 Å². The zero-order valence-electron chi connectivity index (χ0n) is 21.8. The number of carbonyl (C=O) groups is 4. The molecule has 4 aliphatic rings. The topological polar surface area (TPSA) is 95.0 Å². The van der Waals surface area contributed by atoms with Gasteiger partial charge in [-0.3, -0.25) is 29.0 Å². The zero-order chi connectivity index (χ0) is 28.0. The summed E-state index contributed by atoms with van der Waals surface area (Å²) in [5.41, 5.74) is 3.40. The smallest absolute Gasteiger partial charge is 0.253 e. The van der Waals surface area contributed by atoms with Crippen LogP contribution in [0.1, 0.15) is 41.0 Å². The molecule has 9 heteroatoms. The minimum absolute atomic E-state index is 0.0370. The van der Waals surface area contributed by atoms with Crippen molar-refractivity contribution in [3.63, 3.8) is 0 Å². The van der Waals surface area contributed by atoms with Crippen molar-refractivity contribution in [2.45, 2.75) is 48.9 Å². The highest BCUT2D eigenvalue weighted by Crippen LogP contribution is 2.65.